The van der Waals surface area contributed by atoms with Gasteiger partial charge in [-0.1, -0.05) is 13.8 Å². The molecule has 4 heteroatoms. The van der Waals surface area contributed by atoms with E-state index in [9.17, 15) is 4.79 Å². The van der Waals surface area contributed by atoms with E-state index in [4.69, 9.17) is 10.2 Å². The van der Waals surface area contributed by atoms with Crippen molar-refractivity contribution < 1.29 is 15.0 Å². The summed E-state index contributed by atoms with van der Waals surface area (Å²) in [5.74, 6) is -0.116. The molecule has 82 valence electrons. The molecule has 0 aliphatic carbocycles. The minimum absolute atomic E-state index is 0.160. The van der Waals surface area contributed by atoms with E-state index < -0.39 is 5.97 Å². The molecule has 0 amide bonds. The molecule has 0 aromatic carbocycles. The maximum atomic E-state index is 10.9. The first-order valence-corrected chi connectivity index (χ1v) is 5.17. The molecule has 4 nitrogen and oxygen atoms in total. The van der Waals surface area contributed by atoms with Crippen molar-refractivity contribution in [2.75, 3.05) is 19.7 Å². The second-order valence-electron chi connectivity index (χ2n) is 4.14. The number of rotatable bonds is 4. The smallest absolute Gasteiger partial charge is 0.320 e. The Morgan fingerprint density at radius 3 is 2.57 bits per heavy atom. The molecule has 0 radical (unpaired) electrons. The Bertz CT molecular complexity index is 208. The van der Waals surface area contributed by atoms with E-state index in [1.807, 2.05) is 11.8 Å². The van der Waals surface area contributed by atoms with Gasteiger partial charge in [-0.15, -0.1) is 0 Å². The monoisotopic (exact) mass is 201 g/mol. The fourth-order valence-electron chi connectivity index (χ4n) is 2.16. The lowest BCUT2D eigenvalue weighted by atomic mass is 10.00. The number of carbonyl (C=O) groups is 1. The Labute approximate surface area is 84.5 Å². The van der Waals surface area contributed by atoms with Gasteiger partial charge in [-0.05, 0) is 18.3 Å². The standard InChI is InChI=1S/C10H19NO3/c1-3-9(10(13)14)11-4-7(2)8(5-11)6-12/h7-9,12H,3-6H2,1-2H3,(H,13,14)/t7-,8+,9+/m0/s1. The maximum absolute atomic E-state index is 10.9. The Morgan fingerprint density at radius 2 is 2.21 bits per heavy atom. The molecule has 3 atom stereocenters. The predicted octanol–water partition coefficient (Wildman–Crippen LogP) is 0.410. The van der Waals surface area contributed by atoms with Crippen LogP contribution in [0.2, 0.25) is 0 Å². The molecule has 1 saturated heterocycles. The second-order valence-corrected chi connectivity index (χ2v) is 4.14. The number of nitrogens with zero attached hydrogens (tertiary/aromatic N) is 1. The molecular weight excluding hydrogens is 182 g/mol. The van der Waals surface area contributed by atoms with Crippen LogP contribution in [0.25, 0.3) is 0 Å². The highest BCUT2D eigenvalue weighted by Gasteiger charge is 2.35. The van der Waals surface area contributed by atoms with Crippen LogP contribution in [0, 0.1) is 11.8 Å². The summed E-state index contributed by atoms with van der Waals surface area (Å²) in [5, 5.41) is 18.0. The first kappa shape index (κ1) is 11.5. The van der Waals surface area contributed by atoms with Crippen molar-refractivity contribution in [1.82, 2.24) is 4.90 Å². The van der Waals surface area contributed by atoms with E-state index in [0.29, 0.717) is 18.9 Å². The molecule has 0 bridgehead atoms. The van der Waals surface area contributed by atoms with Gasteiger partial charge in [0.2, 0.25) is 0 Å². The van der Waals surface area contributed by atoms with Crippen LogP contribution >= 0.6 is 0 Å². The first-order valence-electron chi connectivity index (χ1n) is 5.17. The van der Waals surface area contributed by atoms with Crippen LogP contribution in [0.1, 0.15) is 20.3 Å². The van der Waals surface area contributed by atoms with Gasteiger partial charge >= 0.3 is 5.97 Å². The van der Waals surface area contributed by atoms with Crippen LogP contribution in [0.4, 0.5) is 0 Å². The molecule has 0 aromatic rings. The van der Waals surface area contributed by atoms with Gasteiger partial charge < -0.3 is 10.2 Å². The first-order chi connectivity index (χ1) is 6.60. The third-order valence-electron chi connectivity index (χ3n) is 3.14. The molecule has 0 spiro atoms. The van der Waals surface area contributed by atoms with Crippen LogP contribution in [0.5, 0.6) is 0 Å². The van der Waals surface area contributed by atoms with Gasteiger partial charge in [-0.2, -0.15) is 0 Å². The van der Waals surface area contributed by atoms with E-state index in [0.717, 1.165) is 6.54 Å². The summed E-state index contributed by atoms with van der Waals surface area (Å²) in [6.07, 6.45) is 0.625. The van der Waals surface area contributed by atoms with Crippen molar-refractivity contribution in [2.45, 2.75) is 26.3 Å². The summed E-state index contributed by atoms with van der Waals surface area (Å²) in [7, 11) is 0. The van der Waals surface area contributed by atoms with Gasteiger partial charge in [0.05, 0.1) is 0 Å². The topological polar surface area (TPSA) is 60.8 Å². The van der Waals surface area contributed by atoms with Crippen molar-refractivity contribution in [3.63, 3.8) is 0 Å². The summed E-state index contributed by atoms with van der Waals surface area (Å²) in [6.45, 7) is 5.61. The van der Waals surface area contributed by atoms with Crippen molar-refractivity contribution in [3.8, 4) is 0 Å². The zero-order chi connectivity index (χ0) is 10.7. The number of aliphatic hydroxyl groups is 1. The molecule has 1 aliphatic rings. The molecule has 0 unspecified atom stereocenters. The summed E-state index contributed by atoms with van der Waals surface area (Å²) >= 11 is 0. The minimum atomic E-state index is -0.752. The summed E-state index contributed by atoms with van der Waals surface area (Å²) in [6, 6.07) is -0.381. The van der Waals surface area contributed by atoms with Gasteiger partial charge in [0, 0.05) is 19.7 Å². The summed E-state index contributed by atoms with van der Waals surface area (Å²) < 4.78 is 0. The molecule has 0 saturated carbocycles. The van der Waals surface area contributed by atoms with Crippen LogP contribution in [0.3, 0.4) is 0 Å². The third-order valence-corrected chi connectivity index (χ3v) is 3.14. The Kier molecular flexibility index (Phi) is 3.89. The lowest BCUT2D eigenvalue weighted by Crippen LogP contribution is -2.39. The van der Waals surface area contributed by atoms with E-state index in [-0.39, 0.29) is 18.6 Å². The van der Waals surface area contributed by atoms with Gasteiger partial charge in [0.1, 0.15) is 6.04 Å². The highest BCUT2D eigenvalue weighted by atomic mass is 16.4. The largest absolute Gasteiger partial charge is 0.480 e. The summed E-state index contributed by atoms with van der Waals surface area (Å²) in [4.78, 5) is 12.9. The molecule has 1 aliphatic heterocycles. The van der Waals surface area contributed by atoms with Gasteiger partial charge in [0.15, 0.2) is 0 Å². The van der Waals surface area contributed by atoms with Crippen LogP contribution in [-0.2, 0) is 4.79 Å². The number of hydrogen-bond donors (Lipinski definition) is 2. The zero-order valence-electron chi connectivity index (χ0n) is 8.81. The van der Waals surface area contributed by atoms with Crippen LogP contribution in [-0.4, -0.2) is 46.8 Å². The lowest BCUT2D eigenvalue weighted by molar-refractivity contribution is -0.143. The highest BCUT2D eigenvalue weighted by Crippen LogP contribution is 2.25. The molecule has 1 rings (SSSR count). The van der Waals surface area contributed by atoms with Gasteiger partial charge in [-0.25, -0.2) is 0 Å². The molecule has 1 fully saturated rings. The Hall–Kier alpha value is -0.610. The van der Waals surface area contributed by atoms with E-state index in [1.165, 1.54) is 0 Å². The van der Waals surface area contributed by atoms with Crippen molar-refractivity contribution in [1.29, 1.82) is 0 Å². The average molecular weight is 201 g/mol. The normalized spacial score (nSPS) is 30.5. The highest BCUT2D eigenvalue weighted by molar-refractivity contribution is 5.73. The molecule has 2 N–H and O–H groups in total. The predicted molar refractivity (Wildman–Crippen MR) is 53.0 cm³/mol. The summed E-state index contributed by atoms with van der Waals surface area (Å²) in [5.41, 5.74) is 0. The number of aliphatic hydroxyl groups excluding tert-OH is 1. The van der Waals surface area contributed by atoms with E-state index >= 15 is 0 Å². The van der Waals surface area contributed by atoms with Crippen molar-refractivity contribution in [3.05, 3.63) is 0 Å². The number of hydrogen-bond acceptors (Lipinski definition) is 3. The molecule has 0 aromatic heterocycles. The Morgan fingerprint density at radius 1 is 1.57 bits per heavy atom. The fraction of sp³-hybridized carbons (Fsp3) is 0.900. The van der Waals surface area contributed by atoms with E-state index in [2.05, 4.69) is 6.92 Å². The van der Waals surface area contributed by atoms with Crippen LogP contribution in [0.15, 0.2) is 0 Å². The van der Waals surface area contributed by atoms with Crippen molar-refractivity contribution >= 4 is 5.97 Å². The van der Waals surface area contributed by atoms with Crippen LogP contribution < -0.4 is 0 Å². The number of carboxylic acid groups (broad SMARTS) is 1. The molecular formula is C10H19NO3. The quantitative estimate of drug-likeness (QED) is 0.691. The van der Waals surface area contributed by atoms with Gasteiger partial charge in [0.25, 0.3) is 0 Å². The number of aliphatic carboxylic acids is 1. The van der Waals surface area contributed by atoms with E-state index in [1.54, 1.807) is 0 Å². The number of likely N-dealkylation sites (tertiary alicyclic amines) is 1. The maximum Gasteiger partial charge on any atom is 0.320 e. The zero-order valence-corrected chi connectivity index (χ0v) is 8.81. The second kappa shape index (κ2) is 4.75. The fourth-order valence-corrected chi connectivity index (χ4v) is 2.16. The minimum Gasteiger partial charge on any atom is -0.480 e. The molecule has 1 heterocycles. The number of carboxylic acids is 1. The third kappa shape index (κ3) is 2.25. The van der Waals surface area contributed by atoms with Crippen molar-refractivity contribution in [2.24, 2.45) is 11.8 Å². The molecule has 14 heavy (non-hydrogen) atoms. The Balaban J connectivity index is 2.58. The SMILES string of the molecule is CC[C@H](C(=O)O)N1C[C@H](CO)[C@@H](C)C1. The van der Waals surface area contributed by atoms with Gasteiger partial charge in [-0.3, -0.25) is 9.69 Å². The average Bonchev–Trinajstić information content (AvgIpc) is 2.47. The lowest BCUT2D eigenvalue weighted by Gasteiger charge is -2.22.